The lowest BCUT2D eigenvalue weighted by molar-refractivity contribution is -0.136. The van der Waals surface area contributed by atoms with E-state index in [0.717, 1.165) is 113 Å². The number of anilines is 2. The van der Waals surface area contributed by atoms with Gasteiger partial charge in [0.25, 0.3) is 17.7 Å². The van der Waals surface area contributed by atoms with Gasteiger partial charge in [-0.3, -0.25) is 39.1 Å². The van der Waals surface area contributed by atoms with Crippen molar-refractivity contribution in [3.05, 3.63) is 87.9 Å². The Hall–Kier alpha value is -5.45. The number of piperidine rings is 3. The van der Waals surface area contributed by atoms with Gasteiger partial charge in [-0.2, -0.15) is 5.26 Å². The average Bonchev–Trinajstić information content (AvgIpc) is 3.66. The molecule has 6 aliphatic heterocycles. The molecule has 0 aliphatic carbocycles. The van der Waals surface area contributed by atoms with E-state index in [0.29, 0.717) is 33.4 Å². The molecule has 2 unspecified atom stereocenters. The van der Waals surface area contributed by atoms with E-state index in [1.807, 2.05) is 18.2 Å². The highest BCUT2D eigenvalue weighted by Gasteiger charge is 2.46. The van der Waals surface area contributed by atoms with Crippen LogP contribution in [0, 0.1) is 17.2 Å². The van der Waals surface area contributed by atoms with Crippen LogP contribution in [0.25, 0.3) is 0 Å². The maximum absolute atomic E-state index is 13.8. The Morgan fingerprint density at radius 1 is 0.780 bits per heavy atom. The van der Waals surface area contributed by atoms with Gasteiger partial charge in [-0.25, -0.2) is 0 Å². The lowest BCUT2D eigenvalue weighted by Gasteiger charge is -2.39. The van der Waals surface area contributed by atoms with E-state index >= 15 is 0 Å². The molecule has 59 heavy (non-hydrogen) atoms. The molecule has 6 aliphatic rings. The van der Waals surface area contributed by atoms with Crippen molar-refractivity contribution in [3.63, 3.8) is 0 Å². The van der Waals surface area contributed by atoms with Gasteiger partial charge < -0.3 is 19.4 Å². The third-order valence-electron chi connectivity index (χ3n) is 13.4. The molecule has 0 spiro atoms. The number of hydrogen-bond acceptors (Lipinski definition) is 10. The average molecular weight is 818 g/mol. The topological polar surface area (TPSA) is 147 Å². The highest BCUT2D eigenvalue weighted by Crippen LogP contribution is 2.39. The third-order valence-corrected chi connectivity index (χ3v) is 13.7. The van der Waals surface area contributed by atoms with Crippen LogP contribution < -0.4 is 19.9 Å². The fourth-order valence-corrected chi connectivity index (χ4v) is 10.3. The molecule has 14 heteroatoms. The molecule has 2 bridgehead atoms. The van der Waals surface area contributed by atoms with Gasteiger partial charge in [-0.1, -0.05) is 11.6 Å². The summed E-state index contributed by atoms with van der Waals surface area (Å²) in [6.07, 6.45) is 7.00. The summed E-state index contributed by atoms with van der Waals surface area (Å²) < 4.78 is 6.27. The van der Waals surface area contributed by atoms with Crippen LogP contribution in [-0.4, -0.2) is 114 Å². The monoisotopic (exact) mass is 817 g/mol. The zero-order chi connectivity index (χ0) is 40.8. The van der Waals surface area contributed by atoms with Crippen molar-refractivity contribution < 1.29 is 28.7 Å². The predicted molar refractivity (Wildman–Crippen MR) is 221 cm³/mol. The second-order valence-electron chi connectivity index (χ2n) is 16.8. The molecule has 0 aromatic heterocycles. The minimum Gasteiger partial charge on any atom is -0.490 e. The molecule has 4 atom stereocenters. The number of fused-ring (bicyclic) bond motifs is 3. The van der Waals surface area contributed by atoms with Crippen LogP contribution in [0.5, 0.6) is 5.75 Å². The molecule has 13 nitrogen and oxygen atoms in total. The van der Waals surface area contributed by atoms with Gasteiger partial charge in [0.2, 0.25) is 11.8 Å². The summed E-state index contributed by atoms with van der Waals surface area (Å²) >= 11 is 6.23. The Labute approximate surface area is 348 Å². The summed E-state index contributed by atoms with van der Waals surface area (Å²) in [5.74, 6) is -0.573. The number of hydrogen-bond donors (Lipinski definition) is 1. The van der Waals surface area contributed by atoms with E-state index in [1.165, 1.54) is 0 Å². The molecule has 5 saturated heterocycles. The molecule has 0 saturated carbocycles. The number of rotatable bonds is 9. The summed E-state index contributed by atoms with van der Waals surface area (Å²) in [6, 6.07) is 20.1. The standard InChI is InChI=1S/C45H48ClN7O6/c46-39-26-35(9-3-30(39)27-47)59-36-23-33-6-7-34(24-36)52(33)43(56)29-1-4-31(5-2-29)51-21-19-49(20-22-51)16-13-28-14-17-50(18-15-28)32-8-10-37-38(25-32)45(58)53(44(37)57)40-11-12-41(54)48-42(40)55/h1-5,8-10,25-26,28,33-34,36,40H,6-7,11-24H2,(H,48,54,55)/t33-,34+,36?,40?. The largest absolute Gasteiger partial charge is 0.490 e. The summed E-state index contributed by atoms with van der Waals surface area (Å²) in [5, 5.41) is 11.8. The smallest absolute Gasteiger partial charge is 0.262 e. The van der Waals surface area contributed by atoms with Crippen molar-refractivity contribution in [2.24, 2.45) is 5.92 Å². The van der Waals surface area contributed by atoms with Gasteiger partial charge in [0, 0.05) is 93.6 Å². The quantitative estimate of drug-likeness (QED) is 0.284. The van der Waals surface area contributed by atoms with Crippen molar-refractivity contribution in [1.82, 2.24) is 20.0 Å². The maximum Gasteiger partial charge on any atom is 0.262 e. The number of piperazine rings is 1. The fraction of sp³-hybridized carbons (Fsp3) is 0.467. The number of ether oxygens (including phenoxy) is 1. The van der Waals surface area contributed by atoms with Gasteiger partial charge in [-0.15, -0.1) is 0 Å². The van der Waals surface area contributed by atoms with Crippen LogP contribution in [0.3, 0.4) is 0 Å². The van der Waals surface area contributed by atoms with Gasteiger partial charge in [-0.05, 0) is 106 Å². The molecule has 9 rings (SSSR count). The van der Waals surface area contributed by atoms with E-state index in [1.54, 1.807) is 30.3 Å². The van der Waals surface area contributed by atoms with Gasteiger partial charge in [0.1, 0.15) is 24.0 Å². The van der Waals surface area contributed by atoms with Crippen molar-refractivity contribution in [1.29, 1.82) is 5.26 Å². The summed E-state index contributed by atoms with van der Waals surface area (Å²) in [5.41, 5.74) is 3.83. The van der Waals surface area contributed by atoms with E-state index in [9.17, 15) is 29.2 Å². The summed E-state index contributed by atoms with van der Waals surface area (Å²) in [4.78, 5) is 74.6. The van der Waals surface area contributed by atoms with Gasteiger partial charge >= 0.3 is 0 Å². The van der Waals surface area contributed by atoms with Crippen LogP contribution in [0.4, 0.5) is 11.4 Å². The third kappa shape index (κ3) is 7.76. The van der Waals surface area contributed by atoms with Crippen molar-refractivity contribution in [3.8, 4) is 11.8 Å². The molecule has 1 N–H and O–H groups in total. The highest BCUT2D eigenvalue weighted by atomic mass is 35.5. The summed E-state index contributed by atoms with van der Waals surface area (Å²) in [6.45, 7) is 6.67. The van der Waals surface area contributed by atoms with Crippen LogP contribution in [-0.2, 0) is 9.59 Å². The maximum atomic E-state index is 13.8. The van der Waals surface area contributed by atoms with Gasteiger partial charge in [0.15, 0.2) is 0 Å². The van der Waals surface area contributed by atoms with Crippen molar-refractivity contribution in [2.75, 3.05) is 55.6 Å². The van der Waals surface area contributed by atoms with Crippen LogP contribution in [0.15, 0.2) is 60.7 Å². The first-order valence-corrected chi connectivity index (χ1v) is 21.4. The first-order valence-electron chi connectivity index (χ1n) is 21.0. The van der Waals surface area contributed by atoms with Crippen LogP contribution in [0.1, 0.15) is 94.4 Å². The van der Waals surface area contributed by atoms with E-state index < -0.39 is 23.8 Å². The number of nitrogens with one attached hydrogen (secondary N) is 1. The highest BCUT2D eigenvalue weighted by molar-refractivity contribution is 6.31. The molecule has 5 amide bonds. The molecule has 306 valence electrons. The van der Waals surface area contributed by atoms with Crippen LogP contribution in [0.2, 0.25) is 5.02 Å². The minimum absolute atomic E-state index is 0.00353. The molecular weight excluding hydrogens is 770 g/mol. The number of carbonyl (C=O) groups is 5. The SMILES string of the molecule is N#Cc1ccc(OC2C[C@H]3CC[C@@H](C2)N3C(=O)c2ccc(N3CCN(CCC4CCN(c5ccc6c(c5)C(=O)N(C5CCC(=O)NC5=O)C6=O)CC4)CC3)cc2)cc1Cl. The Kier molecular flexibility index (Phi) is 10.8. The molecule has 0 radical (unpaired) electrons. The number of amides is 5. The number of imide groups is 2. The number of carbonyl (C=O) groups excluding carboxylic acids is 5. The molecule has 6 heterocycles. The zero-order valence-electron chi connectivity index (χ0n) is 33.0. The number of nitrogens with zero attached hydrogens (tertiary/aromatic N) is 6. The zero-order valence-corrected chi connectivity index (χ0v) is 33.7. The van der Waals surface area contributed by atoms with E-state index in [2.05, 4.69) is 43.1 Å². The fourth-order valence-electron chi connectivity index (χ4n) is 10.1. The van der Waals surface area contributed by atoms with Gasteiger partial charge in [0.05, 0.1) is 21.7 Å². The molecule has 5 fully saturated rings. The Bertz CT molecular complexity index is 2200. The normalized spacial score (nSPS) is 24.9. The number of nitriles is 1. The first-order chi connectivity index (χ1) is 28.6. The molecule has 3 aromatic rings. The van der Waals surface area contributed by atoms with E-state index in [-0.39, 0.29) is 42.8 Å². The number of halogens is 1. The lowest BCUT2D eigenvalue weighted by atomic mass is 9.92. The minimum atomic E-state index is -0.965. The van der Waals surface area contributed by atoms with Crippen molar-refractivity contribution in [2.45, 2.75) is 82.0 Å². The first kappa shape index (κ1) is 39.0. The van der Waals surface area contributed by atoms with E-state index in [4.69, 9.17) is 16.3 Å². The Morgan fingerprint density at radius 3 is 2.14 bits per heavy atom. The second-order valence-corrected chi connectivity index (χ2v) is 17.2. The van der Waals surface area contributed by atoms with Crippen molar-refractivity contribution >= 4 is 52.5 Å². The molecular formula is C45H48ClN7O6. The Morgan fingerprint density at radius 2 is 1.46 bits per heavy atom. The summed E-state index contributed by atoms with van der Waals surface area (Å²) in [7, 11) is 0. The Balaban J connectivity index is 0.711. The lowest BCUT2D eigenvalue weighted by Crippen LogP contribution is -2.54. The van der Waals surface area contributed by atoms with Crippen LogP contribution >= 0.6 is 11.6 Å². The molecule has 3 aromatic carbocycles. The number of benzene rings is 3. The second kappa shape index (κ2) is 16.3. The predicted octanol–water partition coefficient (Wildman–Crippen LogP) is 5.26.